The number of alkyl halides is 1. The number of hydrogen-bond acceptors (Lipinski definition) is 1. The topological polar surface area (TPSA) is 9.23 Å². The molecule has 0 aliphatic heterocycles. The van der Waals surface area contributed by atoms with Gasteiger partial charge in [0, 0.05) is 15.6 Å². The molecule has 2 aromatic carbocycles. The number of hydrogen-bond donors (Lipinski definition) is 0. The highest BCUT2D eigenvalue weighted by Crippen LogP contribution is 2.42. The molecule has 0 fully saturated rings. The van der Waals surface area contributed by atoms with Crippen LogP contribution in [0.2, 0.25) is 10.0 Å². The van der Waals surface area contributed by atoms with Gasteiger partial charge in [-0.15, -0.1) is 0 Å². The Morgan fingerprint density at radius 3 is 2.47 bits per heavy atom. The normalized spacial score (nSPS) is 12.3. The van der Waals surface area contributed by atoms with Crippen LogP contribution in [0.4, 0.5) is 0 Å². The Kier molecular flexibility index (Phi) is 5.18. The van der Waals surface area contributed by atoms with E-state index < -0.39 is 0 Å². The van der Waals surface area contributed by atoms with Gasteiger partial charge in [0.1, 0.15) is 5.75 Å². The first-order valence-electron chi connectivity index (χ1n) is 5.45. The van der Waals surface area contributed by atoms with Gasteiger partial charge in [0.05, 0.1) is 16.4 Å². The zero-order valence-corrected chi connectivity index (χ0v) is 14.6. The largest absolute Gasteiger partial charge is 0.495 e. The molecule has 1 unspecified atom stereocenters. The van der Waals surface area contributed by atoms with Crippen LogP contribution in [0, 0.1) is 0 Å². The Hall–Kier alpha value is -0.220. The highest BCUT2D eigenvalue weighted by Gasteiger charge is 2.18. The van der Waals surface area contributed by atoms with E-state index in [2.05, 4.69) is 31.9 Å². The van der Waals surface area contributed by atoms with Gasteiger partial charge in [0.15, 0.2) is 0 Å². The zero-order chi connectivity index (χ0) is 14.0. The lowest BCUT2D eigenvalue weighted by Crippen LogP contribution is -1.98. The smallest absolute Gasteiger partial charge is 0.137 e. The van der Waals surface area contributed by atoms with Crippen LogP contribution in [0.1, 0.15) is 16.0 Å². The lowest BCUT2D eigenvalue weighted by molar-refractivity contribution is 0.408. The molecule has 0 amide bonds. The molecule has 2 aromatic rings. The van der Waals surface area contributed by atoms with Crippen LogP contribution in [0.15, 0.2) is 40.9 Å². The molecule has 0 aliphatic rings. The van der Waals surface area contributed by atoms with E-state index in [1.165, 1.54) is 0 Å². The van der Waals surface area contributed by atoms with Gasteiger partial charge in [-0.2, -0.15) is 0 Å². The Balaban J connectivity index is 2.52. The summed E-state index contributed by atoms with van der Waals surface area (Å²) in [6.07, 6.45) is 0. The first kappa shape index (κ1) is 15.2. The minimum atomic E-state index is -0.0452. The molecule has 2 rings (SSSR count). The third kappa shape index (κ3) is 3.46. The molecule has 1 atom stereocenters. The number of methoxy groups -OCH3 is 1. The average Bonchev–Trinajstić information content (AvgIpc) is 2.37. The molecule has 0 radical (unpaired) electrons. The van der Waals surface area contributed by atoms with Crippen LogP contribution in [0.5, 0.6) is 5.75 Å². The molecular weight excluding hydrogens is 415 g/mol. The second kappa shape index (κ2) is 6.49. The summed E-state index contributed by atoms with van der Waals surface area (Å²) in [5.74, 6) is 0.756. The molecule has 0 aliphatic carbocycles. The van der Waals surface area contributed by atoms with Gasteiger partial charge < -0.3 is 4.74 Å². The average molecular weight is 425 g/mol. The second-order valence-electron chi connectivity index (χ2n) is 3.93. The van der Waals surface area contributed by atoms with Crippen LogP contribution in [0.25, 0.3) is 0 Å². The van der Waals surface area contributed by atoms with Gasteiger partial charge in [-0.25, -0.2) is 0 Å². The van der Waals surface area contributed by atoms with Gasteiger partial charge in [-0.05, 0) is 45.8 Å². The van der Waals surface area contributed by atoms with Crippen LogP contribution in [-0.4, -0.2) is 7.11 Å². The van der Waals surface area contributed by atoms with Crippen molar-refractivity contribution >= 4 is 55.1 Å². The summed E-state index contributed by atoms with van der Waals surface area (Å²) in [5, 5.41) is 1.34. The summed E-state index contributed by atoms with van der Waals surface area (Å²) < 4.78 is 6.26. The van der Waals surface area contributed by atoms with Crippen molar-refractivity contribution in [1.29, 1.82) is 0 Å². The highest BCUT2D eigenvalue weighted by molar-refractivity contribution is 9.10. The lowest BCUT2D eigenvalue weighted by atomic mass is 10.0. The van der Waals surface area contributed by atoms with Gasteiger partial charge in [0.2, 0.25) is 0 Å². The summed E-state index contributed by atoms with van der Waals surface area (Å²) in [4.78, 5) is -0.0452. The number of benzene rings is 2. The summed E-state index contributed by atoms with van der Waals surface area (Å²) in [5.41, 5.74) is 1.99. The first-order valence-corrected chi connectivity index (χ1v) is 7.92. The van der Waals surface area contributed by atoms with Gasteiger partial charge in [0.25, 0.3) is 0 Å². The van der Waals surface area contributed by atoms with Crippen molar-refractivity contribution in [1.82, 2.24) is 0 Å². The second-order valence-corrected chi connectivity index (χ2v) is 6.57. The van der Waals surface area contributed by atoms with E-state index in [0.717, 1.165) is 21.3 Å². The van der Waals surface area contributed by atoms with Crippen molar-refractivity contribution in [2.75, 3.05) is 7.11 Å². The summed E-state index contributed by atoms with van der Waals surface area (Å²) >= 11 is 19.3. The molecule has 0 aromatic heterocycles. The van der Waals surface area contributed by atoms with Crippen LogP contribution in [0.3, 0.4) is 0 Å². The molecule has 0 heterocycles. The predicted octanol–water partition coefficient (Wildman–Crippen LogP) is 6.25. The summed E-state index contributed by atoms with van der Waals surface area (Å²) in [6.45, 7) is 0. The molecule has 19 heavy (non-hydrogen) atoms. The Bertz CT molecular complexity index is 602. The Morgan fingerprint density at radius 2 is 1.84 bits per heavy atom. The van der Waals surface area contributed by atoms with Crippen molar-refractivity contribution in [3.8, 4) is 5.75 Å². The molecular formula is C14H10Br2Cl2O. The Morgan fingerprint density at radius 1 is 1.11 bits per heavy atom. The maximum Gasteiger partial charge on any atom is 0.137 e. The fourth-order valence-electron chi connectivity index (χ4n) is 1.83. The van der Waals surface area contributed by atoms with Crippen LogP contribution >= 0.6 is 55.1 Å². The molecule has 0 bridgehead atoms. The Labute approximate surface area is 139 Å². The van der Waals surface area contributed by atoms with Crippen molar-refractivity contribution < 1.29 is 4.74 Å². The minimum Gasteiger partial charge on any atom is -0.495 e. The van der Waals surface area contributed by atoms with E-state index in [9.17, 15) is 0 Å². The van der Waals surface area contributed by atoms with Crippen LogP contribution < -0.4 is 4.74 Å². The number of rotatable bonds is 3. The standard InChI is InChI=1S/C14H10Br2Cl2O/c1-19-14-11(6-10(18)7-12(14)15)13(16)8-3-2-4-9(17)5-8/h2-7,13H,1H3. The molecule has 0 saturated heterocycles. The van der Waals surface area contributed by atoms with E-state index >= 15 is 0 Å². The quantitative estimate of drug-likeness (QED) is 0.529. The van der Waals surface area contributed by atoms with Crippen molar-refractivity contribution in [3.63, 3.8) is 0 Å². The highest BCUT2D eigenvalue weighted by atomic mass is 79.9. The molecule has 5 heteroatoms. The lowest BCUT2D eigenvalue weighted by Gasteiger charge is -2.16. The first-order chi connectivity index (χ1) is 9.02. The predicted molar refractivity (Wildman–Crippen MR) is 87.9 cm³/mol. The SMILES string of the molecule is COc1c(Br)cc(Cl)cc1C(Br)c1cccc(Cl)c1. The van der Waals surface area contributed by atoms with E-state index in [1.54, 1.807) is 7.11 Å². The number of ether oxygens (including phenoxy) is 1. The zero-order valence-electron chi connectivity index (χ0n) is 9.96. The number of halogens is 4. The summed E-state index contributed by atoms with van der Waals surface area (Å²) in [7, 11) is 1.63. The van der Waals surface area contributed by atoms with E-state index in [0.29, 0.717) is 10.0 Å². The molecule has 0 spiro atoms. The van der Waals surface area contributed by atoms with Gasteiger partial charge in [-0.3, -0.25) is 0 Å². The van der Waals surface area contributed by atoms with E-state index in [1.807, 2.05) is 36.4 Å². The van der Waals surface area contributed by atoms with E-state index in [-0.39, 0.29) is 4.83 Å². The van der Waals surface area contributed by atoms with Crippen molar-refractivity contribution in [2.45, 2.75) is 4.83 Å². The van der Waals surface area contributed by atoms with Gasteiger partial charge >= 0.3 is 0 Å². The molecule has 0 N–H and O–H groups in total. The molecule has 1 nitrogen and oxygen atoms in total. The summed E-state index contributed by atoms with van der Waals surface area (Å²) in [6, 6.07) is 11.4. The van der Waals surface area contributed by atoms with Crippen molar-refractivity contribution in [2.24, 2.45) is 0 Å². The fourth-order valence-corrected chi connectivity index (χ4v) is 3.65. The van der Waals surface area contributed by atoms with Crippen LogP contribution in [-0.2, 0) is 0 Å². The molecule has 0 saturated carbocycles. The van der Waals surface area contributed by atoms with Crippen molar-refractivity contribution in [3.05, 3.63) is 62.0 Å². The minimum absolute atomic E-state index is 0.0452. The van der Waals surface area contributed by atoms with Gasteiger partial charge in [-0.1, -0.05) is 51.3 Å². The third-order valence-corrected chi connectivity index (χ3v) is 4.72. The van der Waals surface area contributed by atoms with E-state index in [4.69, 9.17) is 27.9 Å². The fraction of sp³-hybridized carbons (Fsp3) is 0.143. The maximum atomic E-state index is 6.11. The third-order valence-electron chi connectivity index (χ3n) is 2.66. The maximum absolute atomic E-state index is 6.11. The molecule has 100 valence electrons. The monoisotopic (exact) mass is 422 g/mol.